The molecule has 2 rings (SSSR count). The average Bonchev–Trinajstić information content (AvgIpc) is 2.58. The number of anilines is 2. The fraction of sp³-hybridized carbons (Fsp3) is 0.211. The lowest BCUT2D eigenvalue weighted by molar-refractivity contribution is 1.50. The van der Waals surface area contributed by atoms with E-state index in [9.17, 15) is 0 Å². The maximum Gasteiger partial charge on any atom is 0.0529 e. The van der Waals surface area contributed by atoms with Crippen molar-refractivity contribution in [3.8, 4) is 0 Å². The molecule has 0 aliphatic heterocycles. The smallest absolute Gasteiger partial charge is 0.0529 e. The Labute approximate surface area is 137 Å². The van der Waals surface area contributed by atoms with Crippen molar-refractivity contribution in [3.63, 3.8) is 0 Å². The molecule has 0 saturated heterocycles. The summed E-state index contributed by atoms with van der Waals surface area (Å²) in [6.07, 6.45) is 0. The number of para-hydroxylation sites is 2. The van der Waals surface area contributed by atoms with Crippen LogP contribution in [0.3, 0.4) is 0 Å². The molecule has 2 aromatic carbocycles. The van der Waals surface area contributed by atoms with E-state index in [1.54, 1.807) is 0 Å². The van der Waals surface area contributed by atoms with Gasteiger partial charge in [0, 0.05) is 22.7 Å². The molecule has 0 aromatic heterocycles. The van der Waals surface area contributed by atoms with E-state index < -0.39 is 0 Å². The molecule has 3 heteroatoms. The van der Waals surface area contributed by atoms with Gasteiger partial charge >= 0.3 is 0 Å². The minimum absolute atomic E-state index is 0.0701. The highest BCUT2D eigenvalue weighted by Gasteiger charge is 2.05. The largest absolute Gasteiger partial charge is 0.355 e. The van der Waals surface area contributed by atoms with Crippen LogP contribution >= 0.6 is 10.7 Å². The summed E-state index contributed by atoms with van der Waals surface area (Å²) in [5.41, 5.74) is 4.07. The van der Waals surface area contributed by atoms with Gasteiger partial charge in [-0.25, -0.2) is 0 Å². The molecule has 0 amide bonds. The van der Waals surface area contributed by atoms with Gasteiger partial charge in [0.2, 0.25) is 0 Å². The number of rotatable bonds is 6. The molecule has 0 aliphatic carbocycles. The third-order valence-corrected chi connectivity index (χ3v) is 4.13. The number of nitrogens with one attached hydrogen (secondary N) is 2. The van der Waals surface area contributed by atoms with Gasteiger partial charge in [-0.1, -0.05) is 69.6 Å². The molecule has 0 heterocycles. The fourth-order valence-corrected chi connectivity index (χ4v) is 2.46. The standard InChI is InChI=1S/C17H20N2S.C2H6/c1-4-20(3)19-17-13-9-8-12-16(17)14(2)18-15-10-6-5-7-11-15;1-2/h5-13,18-19H,2-4H2,1H3;1-2H3. The molecule has 2 N–H and O–H groups in total. The minimum atomic E-state index is -0.0701. The Kier molecular flexibility index (Phi) is 8.08. The highest BCUT2D eigenvalue weighted by atomic mass is 32.2. The molecular weight excluding hydrogens is 288 g/mol. The second kappa shape index (κ2) is 9.85. The van der Waals surface area contributed by atoms with Crippen LogP contribution in [0.25, 0.3) is 5.70 Å². The number of hydrogen-bond acceptors (Lipinski definition) is 2. The summed E-state index contributed by atoms with van der Waals surface area (Å²) in [5, 5.41) is 3.34. The molecule has 0 bridgehead atoms. The summed E-state index contributed by atoms with van der Waals surface area (Å²) < 4.78 is 3.44. The molecule has 2 nitrogen and oxygen atoms in total. The molecule has 0 fully saturated rings. The van der Waals surface area contributed by atoms with Crippen molar-refractivity contribution in [1.82, 2.24) is 0 Å². The van der Waals surface area contributed by atoms with Gasteiger partial charge < -0.3 is 10.0 Å². The first-order valence-corrected chi connectivity index (χ1v) is 9.14. The van der Waals surface area contributed by atoms with Crippen molar-refractivity contribution in [2.24, 2.45) is 0 Å². The maximum atomic E-state index is 4.15. The van der Waals surface area contributed by atoms with E-state index in [-0.39, 0.29) is 10.7 Å². The van der Waals surface area contributed by atoms with E-state index in [1.165, 1.54) is 0 Å². The molecule has 22 heavy (non-hydrogen) atoms. The summed E-state index contributed by atoms with van der Waals surface area (Å²) in [7, 11) is -0.0701. The zero-order chi connectivity index (χ0) is 16.4. The quantitative estimate of drug-likeness (QED) is 0.654. The van der Waals surface area contributed by atoms with Gasteiger partial charge in [0.05, 0.1) is 5.69 Å². The van der Waals surface area contributed by atoms with Gasteiger partial charge in [0.1, 0.15) is 0 Å². The van der Waals surface area contributed by atoms with Crippen LogP contribution in [0.2, 0.25) is 0 Å². The van der Waals surface area contributed by atoms with Crippen molar-refractivity contribution >= 4 is 33.6 Å². The van der Waals surface area contributed by atoms with Crippen LogP contribution in [-0.4, -0.2) is 11.6 Å². The van der Waals surface area contributed by atoms with Crippen LogP contribution in [0.4, 0.5) is 11.4 Å². The van der Waals surface area contributed by atoms with E-state index in [1.807, 2.05) is 56.3 Å². The lowest BCUT2D eigenvalue weighted by Gasteiger charge is -2.16. The molecule has 1 unspecified atom stereocenters. The van der Waals surface area contributed by atoms with Crippen molar-refractivity contribution < 1.29 is 0 Å². The average molecular weight is 314 g/mol. The van der Waals surface area contributed by atoms with Gasteiger partial charge in [0.15, 0.2) is 0 Å². The van der Waals surface area contributed by atoms with Crippen molar-refractivity contribution in [3.05, 3.63) is 66.7 Å². The summed E-state index contributed by atoms with van der Waals surface area (Å²) >= 11 is 0. The van der Waals surface area contributed by atoms with Gasteiger partial charge in [-0.3, -0.25) is 0 Å². The highest BCUT2D eigenvalue weighted by Crippen LogP contribution is 2.27. The van der Waals surface area contributed by atoms with E-state index in [0.29, 0.717) is 0 Å². The zero-order valence-electron chi connectivity index (χ0n) is 13.7. The lowest BCUT2D eigenvalue weighted by Crippen LogP contribution is -2.01. The van der Waals surface area contributed by atoms with Gasteiger partial charge in [-0.15, -0.1) is 10.7 Å². The molecule has 0 aliphatic rings. The predicted molar refractivity (Wildman–Crippen MR) is 106 cm³/mol. The van der Waals surface area contributed by atoms with Crippen molar-refractivity contribution in [2.75, 3.05) is 15.8 Å². The van der Waals surface area contributed by atoms with Crippen molar-refractivity contribution in [2.45, 2.75) is 20.8 Å². The maximum absolute atomic E-state index is 4.15. The number of hydrogen-bond donors (Lipinski definition) is 2. The van der Waals surface area contributed by atoms with E-state index in [2.05, 4.69) is 41.5 Å². The van der Waals surface area contributed by atoms with E-state index in [0.717, 1.165) is 28.4 Å². The van der Waals surface area contributed by atoms with E-state index in [4.69, 9.17) is 0 Å². The molecule has 2 aromatic rings. The first-order chi connectivity index (χ1) is 10.7. The molecule has 0 radical (unpaired) electrons. The second-order valence-corrected chi connectivity index (χ2v) is 6.17. The Morgan fingerprint density at radius 2 is 1.59 bits per heavy atom. The Hall–Kier alpha value is -2.00. The molecule has 1 atom stereocenters. The monoisotopic (exact) mass is 314 g/mol. The zero-order valence-corrected chi connectivity index (χ0v) is 14.5. The number of benzene rings is 2. The lowest BCUT2D eigenvalue weighted by atomic mass is 10.1. The Morgan fingerprint density at radius 1 is 1.00 bits per heavy atom. The predicted octanol–water partition coefficient (Wildman–Crippen LogP) is 5.84. The van der Waals surface area contributed by atoms with Crippen LogP contribution in [0.15, 0.2) is 61.2 Å². The minimum Gasteiger partial charge on any atom is -0.355 e. The Balaban J connectivity index is 0.00000116. The van der Waals surface area contributed by atoms with Crippen LogP contribution in [0.5, 0.6) is 0 Å². The first kappa shape index (κ1) is 18.1. The Morgan fingerprint density at radius 3 is 2.23 bits per heavy atom. The summed E-state index contributed by atoms with van der Waals surface area (Å²) in [4.78, 5) is 0. The second-order valence-electron chi connectivity index (χ2n) is 4.40. The highest BCUT2D eigenvalue weighted by molar-refractivity contribution is 8.15. The third kappa shape index (κ3) is 5.41. The van der Waals surface area contributed by atoms with Crippen LogP contribution < -0.4 is 10.0 Å². The summed E-state index contributed by atoms with van der Waals surface area (Å²) in [5.74, 6) is 5.11. The van der Waals surface area contributed by atoms with Crippen LogP contribution in [0.1, 0.15) is 26.3 Å². The molecule has 0 spiro atoms. The normalized spacial score (nSPS) is 10.9. The van der Waals surface area contributed by atoms with E-state index >= 15 is 0 Å². The molecule has 118 valence electrons. The van der Waals surface area contributed by atoms with Crippen LogP contribution in [0, 0.1) is 0 Å². The van der Waals surface area contributed by atoms with Crippen LogP contribution in [-0.2, 0) is 0 Å². The topological polar surface area (TPSA) is 24.1 Å². The SMILES string of the molecule is C=C(Nc1ccccc1)c1ccccc1NS(=C)CC.CC. The van der Waals surface area contributed by atoms with Crippen molar-refractivity contribution in [1.29, 1.82) is 0 Å². The fourth-order valence-electron chi connectivity index (χ4n) is 1.83. The summed E-state index contributed by atoms with van der Waals surface area (Å²) in [6, 6.07) is 18.2. The van der Waals surface area contributed by atoms with Gasteiger partial charge in [-0.05, 0) is 18.2 Å². The van der Waals surface area contributed by atoms with Gasteiger partial charge in [0.25, 0.3) is 0 Å². The summed E-state index contributed by atoms with van der Waals surface area (Å²) in [6.45, 7) is 10.3. The first-order valence-electron chi connectivity index (χ1n) is 7.58. The molecule has 0 saturated carbocycles. The third-order valence-electron chi connectivity index (χ3n) is 2.92. The Bertz CT molecular complexity index is 606. The van der Waals surface area contributed by atoms with Gasteiger partial charge in [-0.2, -0.15) is 0 Å². The molecular formula is C19H26N2S.